The van der Waals surface area contributed by atoms with E-state index in [9.17, 15) is 25.2 Å². The van der Waals surface area contributed by atoms with Gasteiger partial charge in [0.1, 0.15) is 11.7 Å². The maximum absolute atomic E-state index is 12.3. The fourth-order valence-electron chi connectivity index (χ4n) is 4.62. The molecular formula is C15H22O6. The van der Waals surface area contributed by atoms with Crippen molar-refractivity contribution in [3.63, 3.8) is 0 Å². The highest BCUT2D eigenvalue weighted by Gasteiger charge is 2.74. The summed E-state index contributed by atoms with van der Waals surface area (Å²) in [6.07, 6.45) is -1.74. The Labute approximate surface area is 123 Å². The van der Waals surface area contributed by atoms with Gasteiger partial charge in [-0.3, -0.25) is 4.79 Å². The van der Waals surface area contributed by atoms with Gasteiger partial charge in [-0.25, -0.2) is 0 Å². The second-order valence-electron chi connectivity index (χ2n) is 6.97. The molecule has 1 saturated heterocycles. The lowest BCUT2D eigenvalue weighted by atomic mass is 9.53. The molecule has 2 bridgehead atoms. The fraction of sp³-hybridized carbons (Fsp3) is 0.800. The standard InChI is InChI=1S/C15H22O6/c1-6(2)15(20)10-9-8(17)4-7(5-16)14(9,3)11(18)12(15)21-13(10)19/h4,6,8-12,16-18,20H,5H2,1-3H3/t8-,9+,10-,11-,12-,14+,15-/m1/s1. The summed E-state index contributed by atoms with van der Waals surface area (Å²) in [5.41, 5.74) is -2.00. The molecule has 2 aliphatic carbocycles. The summed E-state index contributed by atoms with van der Waals surface area (Å²) in [6, 6.07) is 0. The molecule has 0 amide bonds. The second kappa shape index (κ2) is 4.29. The molecule has 118 valence electrons. The summed E-state index contributed by atoms with van der Waals surface area (Å²) in [4.78, 5) is 12.3. The summed E-state index contributed by atoms with van der Waals surface area (Å²) < 4.78 is 5.26. The average Bonchev–Trinajstić information content (AvgIpc) is 2.79. The topological polar surface area (TPSA) is 107 Å². The maximum Gasteiger partial charge on any atom is 0.312 e. The Morgan fingerprint density at radius 1 is 1.38 bits per heavy atom. The van der Waals surface area contributed by atoms with Gasteiger partial charge in [-0.2, -0.15) is 0 Å². The van der Waals surface area contributed by atoms with Crippen molar-refractivity contribution >= 4 is 5.97 Å². The Kier molecular flexibility index (Phi) is 3.05. The lowest BCUT2D eigenvalue weighted by Crippen LogP contribution is -2.67. The van der Waals surface area contributed by atoms with Gasteiger partial charge in [0.2, 0.25) is 0 Å². The van der Waals surface area contributed by atoms with E-state index in [0.29, 0.717) is 5.57 Å². The van der Waals surface area contributed by atoms with Gasteiger partial charge >= 0.3 is 5.97 Å². The van der Waals surface area contributed by atoms with Crippen LogP contribution in [0, 0.1) is 23.2 Å². The molecule has 0 radical (unpaired) electrons. The molecule has 0 aromatic carbocycles. The molecule has 0 unspecified atom stereocenters. The van der Waals surface area contributed by atoms with E-state index in [0.717, 1.165) is 0 Å². The molecule has 0 aromatic rings. The molecule has 0 spiro atoms. The second-order valence-corrected chi connectivity index (χ2v) is 6.97. The molecule has 3 aliphatic rings. The molecule has 1 heterocycles. The zero-order valence-corrected chi connectivity index (χ0v) is 12.4. The number of carbonyl (C=O) groups is 1. The summed E-state index contributed by atoms with van der Waals surface area (Å²) in [5, 5.41) is 41.6. The number of aliphatic hydroxyl groups excluding tert-OH is 3. The van der Waals surface area contributed by atoms with Crippen molar-refractivity contribution in [2.45, 2.75) is 44.7 Å². The van der Waals surface area contributed by atoms with Gasteiger partial charge in [-0.15, -0.1) is 0 Å². The predicted octanol–water partition coefficient (Wildman–Crippen LogP) is -0.795. The van der Waals surface area contributed by atoms with Gasteiger partial charge in [0.25, 0.3) is 0 Å². The van der Waals surface area contributed by atoms with Gasteiger partial charge in [-0.05, 0) is 11.5 Å². The molecule has 1 aliphatic heterocycles. The first kappa shape index (κ1) is 15.0. The molecule has 6 nitrogen and oxygen atoms in total. The van der Waals surface area contributed by atoms with Gasteiger partial charge in [0.15, 0.2) is 6.10 Å². The van der Waals surface area contributed by atoms with Crippen LogP contribution in [0.1, 0.15) is 20.8 Å². The largest absolute Gasteiger partial charge is 0.456 e. The van der Waals surface area contributed by atoms with Crippen molar-refractivity contribution in [2.75, 3.05) is 6.61 Å². The normalized spacial score (nSPS) is 51.9. The van der Waals surface area contributed by atoms with Crippen molar-refractivity contribution in [2.24, 2.45) is 23.2 Å². The number of esters is 1. The molecule has 6 heteroatoms. The highest BCUT2D eigenvalue weighted by atomic mass is 16.6. The number of carbonyl (C=O) groups excluding carboxylic acids is 1. The predicted molar refractivity (Wildman–Crippen MR) is 71.9 cm³/mol. The molecule has 0 aromatic heterocycles. The summed E-state index contributed by atoms with van der Waals surface area (Å²) in [5.74, 6) is -2.52. The molecule has 1 saturated carbocycles. The van der Waals surface area contributed by atoms with Crippen molar-refractivity contribution in [1.82, 2.24) is 0 Å². The quantitative estimate of drug-likeness (QED) is 0.393. The minimum atomic E-state index is -1.51. The molecule has 2 fully saturated rings. The van der Waals surface area contributed by atoms with Gasteiger partial charge < -0.3 is 25.2 Å². The third-order valence-electron chi connectivity index (χ3n) is 5.93. The van der Waals surface area contributed by atoms with Crippen molar-refractivity contribution in [1.29, 1.82) is 0 Å². The monoisotopic (exact) mass is 298 g/mol. The van der Waals surface area contributed by atoms with E-state index in [1.54, 1.807) is 20.8 Å². The smallest absolute Gasteiger partial charge is 0.312 e. The first-order valence-corrected chi connectivity index (χ1v) is 7.31. The van der Waals surface area contributed by atoms with Crippen LogP contribution >= 0.6 is 0 Å². The molecule has 4 N–H and O–H groups in total. The number of rotatable bonds is 2. The summed E-state index contributed by atoms with van der Waals surface area (Å²) in [7, 11) is 0. The van der Waals surface area contributed by atoms with Crippen molar-refractivity contribution < 1.29 is 30.0 Å². The van der Waals surface area contributed by atoms with Crippen LogP contribution in [0.4, 0.5) is 0 Å². The number of ether oxygens (including phenoxy) is 1. The van der Waals surface area contributed by atoms with Crippen molar-refractivity contribution in [3.8, 4) is 0 Å². The Hall–Kier alpha value is -0.950. The van der Waals surface area contributed by atoms with Crippen LogP contribution < -0.4 is 0 Å². The Morgan fingerprint density at radius 2 is 2.00 bits per heavy atom. The summed E-state index contributed by atoms with van der Waals surface area (Å²) >= 11 is 0. The van der Waals surface area contributed by atoms with Crippen LogP contribution in [-0.4, -0.2) is 56.9 Å². The van der Waals surface area contributed by atoms with Gasteiger partial charge in [0, 0.05) is 11.3 Å². The highest BCUT2D eigenvalue weighted by Crippen LogP contribution is 2.62. The zero-order chi connectivity index (χ0) is 15.7. The molecule has 3 rings (SSSR count). The number of fused-ring (bicyclic) bond motifs is 4. The van der Waals surface area contributed by atoms with E-state index < -0.39 is 47.1 Å². The lowest BCUT2D eigenvalue weighted by molar-refractivity contribution is -0.207. The third-order valence-corrected chi connectivity index (χ3v) is 5.93. The van der Waals surface area contributed by atoms with Crippen LogP contribution in [0.2, 0.25) is 0 Å². The number of hydrogen-bond donors (Lipinski definition) is 4. The SMILES string of the molecule is CC(C)[C@]1(O)[C@@H]2OC(=O)[C@H]1[C@@H]1[C@H](O)C=C(CO)[C@]1(C)[C@@H]2O. The van der Waals surface area contributed by atoms with Crippen LogP contribution in [0.5, 0.6) is 0 Å². The first-order valence-electron chi connectivity index (χ1n) is 7.31. The van der Waals surface area contributed by atoms with Crippen molar-refractivity contribution in [3.05, 3.63) is 11.6 Å². The van der Waals surface area contributed by atoms with Crippen LogP contribution in [0.25, 0.3) is 0 Å². The molecule has 7 atom stereocenters. The maximum atomic E-state index is 12.3. The van der Waals surface area contributed by atoms with E-state index in [-0.39, 0.29) is 12.5 Å². The first-order chi connectivity index (χ1) is 9.70. The average molecular weight is 298 g/mol. The minimum absolute atomic E-state index is 0.311. The minimum Gasteiger partial charge on any atom is -0.456 e. The third kappa shape index (κ3) is 1.49. The number of hydrogen-bond acceptors (Lipinski definition) is 6. The molecule has 21 heavy (non-hydrogen) atoms. The fourth-order valence-corrected chi connectivity index (χ4v) is 4.62. The summed E-state index contributed by atoms with van der Waals surface area (Å²) in [6.45, 7) is 4.93. The lowest BCUT2D eigenvalue weighted by Gasteiger charge is -2.53. The Morgan fingerprint density at radius 3 is 2.52 bits per heavy atom. The number of aliphatic hydroxyl groups is 4. The van der Waals surface area contributed by atoms with E-state index in [1.807, 2.05) is 0 Å². The van der Waals surface area contributed by atoms with E-state index in [4.69, 9.17) is 4.74 Å². The van der Waals surface area contributed by atoms with Crippen LogP contribution in [0.15, 0.2) is 11.6 Å². The molecular weight excluding hydrogens is 276 g/mol. The Balaban J connectivity index is 2.18. The van der Waals surface area contributed by atoms with Gasteiger partial charge in [0.05, 0.1) is 18.6 Å². The van der Waals surface area contributed by atoms with E-state index in [2.05, 4.69) is 0 Å². The van der Waals surface area contributed by atoms with E-state index in [1.165, 1.54) is 6.08 Å². The zero-order valence-electron chi connectivity index (χ0n) is 12.4. The van der Waals surface area contributed by atoms with Crippen LogP contribution in [-0.2, 0) is 9.53 Å². The highest BCUT2D eigenvalue weighted by molar-refractivity contribution is 5.79. The Bertz CT molecular complexity index is 514. The van der Waals surface area contributed by atoms with E-state index >= 15 is 0 Å². The van der Waals surface area contributed by atoms with Crippen LogP contribution in [0.3, 0.4) is 0 Å². The van der Waals surface area contributed by atoms with Gasteiger partial charge in [-0.1, -0.05) is 26.8 Å².